The maximum atomic E-state index is 5.65. The van der Waals surface area contributed by atoms with Gasteiger partial charge in [-0.1, -0.05) is 60.7 Å². The molecule has 0 saturated heterocycles. The number of ether oxygens (including phenoxy) is 1. The van der Waals surface area contributed by atoms with Crippen LogP contribution in [0.3, 0.4) is 0 Å². The predicted octanol–water partition coefficient (Wildman–Crippen LogP) is 4.91. The highest BCUT2D eigenvalue weighted by Gasteiger charge is 2.14. The highest BCUT2D eigenvalue weighted by molar-refractivity contribution is 5.99. The fourth-order valence-electron chi connectivity index (χ4n) is 2.82. The van der Waals surface area contributed by atoms with Crippen molar-refractivity contribution in [3.05, 3.63) is 77.9 Å². The zero-order valence-corrected chi connectivity index (χ0v) is 13.8. The lowest BCUT2D eigenvalue weighted by Gasteiger charge is -2.22. The fourth-order valence-corrected chi connectivity index (χ4v) is 2.82. The molecule has 3 aromatic carbocycles. The fraction of sp³-hybridized carbons (Fsp3) is 0.143. The van der Waals surface area contributed by atoms with E-state index in [-0.39, 0.29) is 0 Å². The van der Waals surface area contributed by atoms with Crippen LogP contribution in [0.25, 0.3) is 22.5 Å². The van der Waals surface area contributed by atoms with Crippen molar-refractivity contribution in [1.29, 1.82) is 0 Å². The molecular formula is C21H21NO. The number of hydrogen-bond donors (Lipinski definition) is 0. The molecule has 0 fully saturated rings. The maximum Gasteiger partial charge on any atom is 0.128 e. The van der Waals surface area contributed by atoms with Crippen molar-refractivity contribution in [2.24, 2.45) is 0 Å². The quantitative estimate of drug-likeness (QED) is 0.635. The van der Waals surface area contributed by atoms with E-state index < -0.39 is 0 Å². The van der Waals surface area contributed by atoms with E-state index in [0.29, 0.717) is 0 Å². The molecule has 0 saturated carbocycles. The van der Waals surface area contributed by atoms with Crippen LogP contribution in [0.5, 0.6) is 5.75 Å². The number of methoxy groups -OCH3 is 1. The van der Waals surface area contributed by atoms with E-state index in [0.717, 1.165) is 17.0 Å². The van der Waals surface area contributed by atoms with Gasteiger partial charge in [0.15, 0.2) is 0 Å². The first-order valence-electron chi connectivity index (χ1n) is 7.71. The Kier molecular flexibility index (Phi) is 4.33. The van der Waals surface area contributed by atoms with Gasteiger partial charge in [-0.3, -0.25) is 0 Å². The molecule has 0 spiro atoms. The van der Waals surface area contributed by atoms with E-state index >= 15 is 0 Å². The van der Waals surface area contributed by atoms with Crippen LogP contribution in [-0.2, 0) is 0 Å². The second kappa shape index (κ2) is 6.57. The molecule has 3 rings (SSSR count). The summed E-state index contributed by atoms with van der Waals surface area (Å²) in [5, 5.41) is 2.41. The van der Waals surface area contributed by atoms with Crippen LogP contribution in [-0.4, -0.2) is 26.1 Å². The largest absolute Gasteiger partial charge is 0.496 e. The third-order valence-corrected chi connectivity index (χ3v) is 3.95. The third-order valence-electron chi connectivity index (χ3n) is 3.95. The molecule has 116 valence electrons. The molecule has 0 N–H and O–H groups in total. The summed E-state index contributed by atoms with van der Waals surface area (Å²) in [7, 11) is 5.86. The van der Waals surface area contributed by atoms with Gasteiger partial charge in [-0.25, -0.2) is 0 Å². The molecule has 3 aromatic rings. The van der Waals surface area contributed by atoms with Crippen molar-refractivity contribution in [3.8, 4) is 5.75 Å². The molecule has 0 bridgehead atoms. The minimum atomic E-state index is 0.889. The van der Waals surface area contributed by atoms with Crippen LogP contribution in [0.4, 0.5) is 0 Å². The lowest BCUT2D eigenvalue weighted by atomic mass is 9.99. The molecule has 0 aliphatic carbocycles. The topological polar surface area (TPSA) is 12.5 Å². The van der Waals surface area contributed by atoms with Crippen molar-refractivity contribution in [2.45, 2.75) is 0 Å². The van der Waals surface area contributed by atoms with Crippen LogP contribution >= 0.6 is 0 Å². The lowest BCUT2D eigenvalue weighted by Crippen LogP contribution is -2.11. The second-order valence-electron chi connectivity index (χ2n) is 5.70. The molecule has 0 aliphatic heterocycles. The van der Waals surface area contributed by atoms with Gasteiger partial charge in [0.05, 0.1) is 7.11 Å². The van der Waals surface area contributed by atoms with Crippen LogP contribution in [0.15, 0.2) is 66.7 Å². The summed E-state index contributed by atoms with van der Waals surface area (Å²) >= 11 is 0. The summed E-state index contributed by atoms with van der Waals surface area (Å²) in [4.78, 5) is 2.14. The van der Waals surface area contributed by atoms with Crippen molar-refractivity contribution >= 4 is 22.5 Å². The second-order valence-corrected chi connectivity index (χ2v) is 5.70. The molecule has 0 amide bonds. The molecule has 2 heteroatoms. The summed E-state index contributed by atoms with van der Waals surface area (Å²) in [6.07, 6.45) is 2.20. The Balaban J connectivity index is 2.28. The SMILES string of the molecule is COc1ccc2ccccc2c1C(=Cc1ccccc1)N(C)C. The molecular weight excluding hydrogens is 282 g/mol. The van der Waals surface area contributed by atoms with E-state index in [9.17, 15) is 0 Å². The highest BCUT2D eigenvalue weighted by Crippen LogP contribution is 2.35. The highest BCUT2D eigenvalue weighted by atomic mass is 16.5. The normalized spacial score (nSPS) is 11.5. The van der Waals surface area contributed by atoms with Gasteiger partial charge in [0.25, 0.3) is 0 Å². The number of rotatable bonds is 4. The van der Waals surface area contributed by atoms with Gasteiger partial charge in [0.1, 0.15) is 5.75 Å². The summed E-state index contributed by atoms with van der Waals surface area (Å²) in [5.74, 6) is 0.889. The van der Waals surface area contributed by atoms with Crippen molar-refractivity contribution in [3.63, 3.8) is 0 Å². The summed E-state index contributed by atoms with van der Waals surface area (Å²) in [5.41, 5.74) is 3.43. The Morgan fingerprint density at radius 1 is 0.870 bits per heavy atom. The smallest absolute Gasteiger partial charge is 0.128 e. The molecule has 0 unspecified atom stereocenters. The van der Waals surface area contributed by atoms with E-state index in [2.05, 4.69) is 79.7 Å². The molecule has 0 aliphatic rings. The van der Waals surface area contributed by atoms with Crippen LogP contribution < -0.4 is 4.74 Å². The lowest BCUT2D eigenvalue weighted by molar-refractivity contribution is 0.412. The summed E-state index contributed by atoms with van der Waals surface area (Å²) in [6.45, 7) is 0. The number of nitrogens with zero attached hydrogens (tertiary/aromatic N) is 1. The number of hydrogen-bond acceptors (Lipinski definition) is 2. The minimum Gasteiger partial charge on any atom is -0.496 e. The van der Waals surface area contributed by atoms with Gasteiger partial charge < -0.3 is 9.64 Å². The van der Waals surface area contributed by atoms with Crippen LogP contribution in [0, 0.1) is 0 Å². The van der Waals surface area contributed by atoms with E-state index in [4.69, 9.17) is 4.74 Å². The Labute approximate surface area is 137 Å². The Bertz CT molecular complexity index is 835. The van der Waals surface area contributed by atoms with Crippen molar-refractivity contribution in [2.75, 3.05) is 21.2 Å². The standard InChI is InChI=1S/C21H21NO/c1-22(2)19(15-16-9-5-4-6-10-16)21-18-12-8-7-11-17(18)13-14-20(21)23-3/h4-15H,1-3H3. The first-order chi connectivity index (χ1) is 11.2. The molecule has 0 radical (unpaired) electrons. The molecule has 0 atom stereocenters. The van der Waals surface area contributed by atoms with E-state index in [1.54, 1.807) is 7.11 Å². The molecule has 0 heterocycles. The zero-order valence-electron chi connectivity index (χ0n) is 13.8. The van der Waals surface area contributed by atoms with Gasteiger partial charge in [-0.2, -0.15) is 0 Å². The van der Waals surface area contributed by atoms with Crippen LogP contribution in [0.2, 0.25) is 0 Å². The predicted molar refractivity (Wildman–Crippen MR) is 98.5 cm³/mol. The Morgan fingerprint density at radius 2 is 1.57 bits per heavy atom. The molecule has 2 nitrogen and oxygen atoms in total. The average molecular weight is 303 g/mol. The first-order valence-corrected chi connectivity index (χ1v) is 7.71. The van der Waals surface area contributed by atoms with Gasteiger partial charge in [0, 0.05) is 25.4 Å². The van der Waals surface area contributed by atoms with Crippen LogP contribution in [0.1, 0.15) is 11.1 Å². The van der Waals surface area contributed by atoms with E-state index in [1.165, 1.54) is 16.3 Å². The maximum absolute atomic E-state index is 5.65. The van der Waals surface area contributed by atoms with Crippen molar-refractivity contribution in [1.82, 2.24) is 4.90 Å². The summed E-state index contributed by atoms with van der Waals surface area (Å²) in [6, 6.07) is 22.9. The van der Waals surface area contributed by atoms with Gasteiger partial charge in [0.2, 0.25) is 0 Å². The third kappa shape index (κ3) is 3.07. The number of fused-ring (bicyclic) bond motifs is 1. The summed E-state index contributed by atoms with van der Waals surface area (Å²) < 4.78 is 5.65. The minimum absolute atomic E-state index is 0.889. The average Bonchev–Trinajstić information content (AvgIpc) is 2.59. The zero-order chi connectivity index (χ0) is 16.2. The number of benzene rings is 3. The monoisotopic (exact) mass is 303 g/mol. The van der Waals surface area contributed by atoms with Crippen molar-refractivity contribution < 1.29 is 4.74 Å². The Hall–Kier alpha value is -2.74. The van der Waals surface area contributed by atoms with Gasteiger partial charge in [-0.15, -0.1) is 0 Å². The van der Waals surface area contributed by atoms with Gasteiger partial charge in [-0.05, 0) is 28.5 Å². The first kappa shape index (κ1) is 15.2. The van der Waals surface area contributed by atoms with Gasteiger partial charge >= 0.3 is 0 Å². The molecule has 23 heavy (non-hydrogen) atoms. The molecule has 0 aromatic heterocycles. The van der Waals surface area contributed by atoms with E-state index in [1.807, 2.05) is 12.1 Å². The Morgan fingerprint density at radius 3 is 2.26 bits per heavy atom.